The maximum Gasteiger partial charge on any atom is 0.241 e. The number of benzene rings is 1. The van der Waals surface area contributed by atoms with Crippen LogP contribution in [-0.4, -0.2) is 49.0 Å². The molecular formula is C19H30N4O2. The smallest absolute Gasteiger partial charge is 0.241 e. The Morgan fingerprint density at radius 1 is 1.20 bits per heavy atom. The zero-order chi connectivity index (χ0) is 18.1. The van der Waals surface area contributed by atoms with Crippen LogP contribution in [0.15, 0.2) is 29.3 Å². The number of aliphatic imine (C=N–C) groups is 1. The molecule has 0 radical (unpaired) electrons. The molecule has 138 valence electrons. The van der Waals surface area contributed by atoms with Crippen LogP contribution in [0.4, 0.5) is 0 Å². The van der Waals surface area contributed by atoms with Gasteiger partial charge in [-0.05, 0) is 51.3 Å². The van der Waals surface area contributed by atoms with E-state index in [1.54, 1.807) is 0 Å². The van der Waals surface area contributed by atoms with Crippen molar-refractivity contribution in [1.29, 1.82) is 0 Å². The lowest BCUT2D eigenvalue weighted by atomic mass is 10.2. The van der Waals surface area contributed by atoms with Crippen molar-refractivity contribution in [3.63, 3.8) is 0 Å². The second kappa shape index (κ2) is 9.91. The van der Waals surface area contributed by atoms with Gasteiger partial charge in [-0.3, -0.25) is 4.79 Å². The topological polar surface area (TPSA) is 66.0 Å². The summed E-state index contributed by atoms with van der Waals surface area (Å²) in [6.07, 6.45) is 2.38. The van der Waals surface area contributed by atoms with Crippen LogP contribution in [0.25, 0.3) is 0 Å². The van der Waals surface area contributed by atoms with Gasteiger partial charge in [-0.2, -0.15) is 0 Å². The summed E-state index contributed by atoms with van der Waals surface area (Å²) in [5, 5.41) is 6.31. The van der Waals surface area contributed by atoms with E-state index in [9.17, 15) is 4.79 Å². The van der Waals surface area contributed by atoms with Crippen molar-refractivity contribution >= 4 is 11.9 Å². The Labute approximate surface area is 150 Å². The standard InChI is InChI=1S/C19H30N4O2/c1-4-20-19(22-14-18(24)23-11-5-6-12-23)21-13-16-7-9-17(10-8-16)25-15(2)3/h7-10,15H,4-6,11-14H2,1-3H3,(H2,20,21,22). The van der Waals surface area contributed by atoms with Crippen LogP contribution in [0, 0.1) is 0 Å². The number of ether oxygens (including phenoxy) is 1. The molecule has 6 heteroatoms. The molecule has 1 aliphatic rings. The monoisotopic (exact) mass is 346 g/mol. The normalized spacial score (nSPS) is 14.7. The second-order valence-electron chi connectivity index (χ2n) is 6.45. The number of nitrogens with one attached hydrogen (secondary N) is 2. The Morgan fingerprint density at radius 3 is 2.48 bits per heavy atom. The highest BCUT2D eigenvalue weighted by atomic mass is 16.5. The van der Waals surface area contributed by atoms with Gasteiger partial charge in [0.15, 0.2) is 5.96 Å². The van der Waals surface area contributed by atoms with Crippen molar-refractivity contribution in [2.45, 2.75) is 46.3 Å². The van der Waals surface area contributed by atoms with Gasteiger partial charge in [-0.1, -0.05) is 12.1 Å². The van der Waals surface area contributed by atoms with E-state index in [2.05, 4.69) is 15.6 Å². The Bertz CT molecular complexity index is 563. The van der Waals surface area contributed by atoms with E-state index in [0.717, 1.165) is 43.8 Å². The third kappa shape index (κ3) is 6.64. The fraction of sp³-hybridized carbons (Fsp3) is 0.579. The Hall–Kier alpha value is -2.24. The molecule has 0 spiro atoms. The van der Waals surface area contributed by atoms with E-state index >= 15 is 0 Å². The van der Waals surface area contributed by atoms with Crippen molar-refractivity contribution in [1.82, 2.24) is 15.5 Å². The first kappa shape index (κ1) is 19.1. The third-order valence-electron chi connectivity index (χ3n) is 3.92. The lowest BCUT2D eigenvalue weighted by molar-refractivity contribution is -0.128. The Morgan fingerprint density at radius 2 is 1.88 bits per heavy atom. The van der Waals surface area contributed by atoms with Crippen LogP contribution < -0.4 is 15.4 Å². The first-order chi connectivity index (χ1) is 12.1. The first-order valence-electron chi connectivity index (χ1n) is 9.14. The molecule has 6 nitrogen and oxygen atoms in total. The highest BCUT2D eigenvalue weighted by Crippen LogP contribution is 2.14. The van der Waals surface area contributed by atoms with Crippen molar-refractivity contribution < 1.29 is 9.53 Å². The molecule has 1 amide bonds. The SMILES string of the molecule is CCNC(=NCc1ccc(OC(C)C)cc1)NCC(=O)N1CCCC1. The minimum absolute atomic E-state index is 0.137. The maximum atomic E-state index is 12.1. The fourth-order valence-corrected chi connectivity index (χ4v) is 2.70. The Balaban J connectivity index is 1.86. The fourth-order valence-electron chi connectivity index (χ4n) is 2.70. The van der Waals surface area contributed by atoms with E-state index in [-0.39, 0.29) is 18.6 Å². The zero-order valence-electron chi connectivity index (χ0n) is 15.5. The number of amides is 1. The molecule has 0 atom stereocenters. The van der Waals surface area contributed by atoms with Gasteiger partial charge in [0.25, 0.3) is 0 Å². The van der Waals surface area contributed by atoms with Gasteiger partial charge in [0.1, 0.15) is 5.75 Å². The molecular weight excluding hydrogens is 316 g/mol. The van der Waals surface area contributed by atoms with Gasteiger partial charge in [-0.25, -0.2) is 4.99 Å². The largest absolute Gasteiger partial charge is 0.491 e. The van der Waals surface area contributed by atoms with E-state index in [1.165, 1.54) is 0 Å². The number of nitrogens with zero attached hydrogens (tertiary/aromatic N) is 2. The van der Waals surface area contributed by atoms with Crippen LogP contribution in [0.1, 0.15) is 39.2 Å². The predicted molar refractivity (Wildman–Crippen MR) is 101 cm³/mol. The van der Waals surface area contributed by atoms with E-state index in [4.69, 9.17) is 4.74 Å². The number of carbonyl (C=O) groups is 1. The van der Waals surface area contributed by atoms with E-state index < -0.39 is 0 Å². The molecule has 0 unspecified atom stereocenters. The minimum Gasteiger partial charge on any atom is -0.491 e. The highest BCUT2D eigenvalue weighted by Gasteiger charge is 2.17. The van der Waals surface area contributed by atoms with Gasteiger partial charge in [0, 0.05) is 19.6 Å². The van der Waals surface area contributed by atoms with Gasteiger partial charge >= 0.3 is 0 Å². The van der Waals surface area contributed by atoms with Gasteiger partial charge in [-0.15, -0.1) is 0 Å². The maximum absolute atomic E-state index is 12.1. The summed E-state index contributed by atoms with van der Waals surface area (Å²) in [5.74, 6) is 1.67. The van der Waals surface area contributed by atoms with Crippen molar-refractivity contribution in [2.75, 3.05) is 26.2 Å². The molecule has 2 rings (SSSR count). The van der Waals surface area contributed by atoms with Crippen LogP contribution in [0.3, 0.4) is 0 Å². The lowest BCUT2D eigenvalue weighted by Gasteiger charge is -2.17. The molecule has 25 heavy (non-hydrogen) atoms. The molecule has 1 fully saturated rings. The average molecular weight is 346 g/mol. The number of rotatable bonds is 7. The number of hydrogen-bond donors (Lipinski definition) is 2. The molecule has 0 aromatic heterocycles. The molecule has 0 aliphatic carbocycles. The summed E-state index contributed by atoms with van der Waals surface area (Å²) in [5.41, 5.74) is 1.10. The van der Waals surface area contributed by atoms with Crippen LogP contribution >= 0.6 is 0 Å². The van der Waals surface area contributed by atoms with Gasteiger partial charge in [0.05, 0.1) is 19.2 Å². The summed E-state index contributed by atoms with van der Waals surface area (Å²) in [6.45, 7) is 9.37. The molecule has 1 aromatic carbocycles. The van der Waals surface area contributed by atoms with Gasteiger partial charge in [0.2, 0.25) is 5.91 Å². The zero-order valence-corrected chi connectivity index (χ0v) is 15.5. The minimum atomic E-state index is 0.137. The number of hydrogen-bond acceptors (Lipinski definition) is 3. The van der Waals surface area contributed by atoms with Crippen molar-refractivity contribution in [2.24, 2.45) is 4.99 Å². The molecule has 1 saturated heterocycles. The number of guanidine groups is 1. The summed E-state index contributed by atoms with van der Waals surface area (Å²) >= 11 is 0. The van der Waals surface area contributed by atoms with E-state index in [0.29, 0.717) is 12.5 Å². The van der Waals surface area contributed by atoms with Crippen LogP contribution in [0.2, 0.25) is 0 Å². The van der Waals surface area contributed by atoms with Crippen LogP contribution in [0.5, 0.6) is 5.75 Å². The summed E-state index contributed by atoms with van der Waals surface area (Å²) < 4.78 is 5.64. The van der Waals surface area contributed by atoms with E-state index in [1.807, 2.05) is 49.9 Å². The van der Waals surface area contributed by atoms with Gasteiger partial charge < -0.3 is 20.3 Å². The second-order valence-corrected chi connectivity index (χ2v) is 6.45. The molecule has 0 bridgehead atoms. The molecule has 0 saturated carbocycles. The van der Waals surface area contributed by atoms with Crippen molar-refractivity contribution in [3.8, 4) is 5.75 Å². The first-order valence-corrected chi connectivity index (χ1v) is 9.14. The molecule has 1 aromatic rings. The average Bonchev–Trinajstić information content (AvgIpc) is 3.12. The summed E-state index contributed by atoms with van der Waals surface area (Å²) in [4.78, 5) is 18.6. The predicted octanol–water partition coefficient (Wildman–Crippen LogP) is 2.15. The molecule has 2 N–H and O–H groups in total. The van der Waals surface area contributed by atoms with Crippen LogP contribution in [-0.2, 0) is 11.3 Å². The number of likely N-dealkylation sites (tertiary alicyclic amines) is 1. The lowest BCUT2D eigenvalue weighted by Crippen LogP contribution is -2.44. The molecule has 1 heterocycles. The molecule has 1 aliphatic heterocycles. The summed E-state index contributed by atoms with van der Waals surface area (Å²) in [7, 11) is 0. The Kier molecular flexibility index (Phi) is 7.57. The third-order valence-corrected chi connectivity index (χ3v) is 3.92. The quantitative estimate of drug-likeness (QED) is 0.586. The summed E-state index contributed by atoms with van der Waals surface area (Å²) in [6, 6.07) is 7.95. The van der Waals surface area contributed by atoms with Crippen molar-refractivity contribution in [3.05, 3.63) is 29.8 Å². The number of carbonyl (C=O) groups excluding carboxylic acids is 1. The highest BCUT2D eigenvalue weighted by molar-refractivity contribution is 5.86.